The third kappa shape index (κ3) is 8.48. The second-order valence-corrected chi connectivity index (χ2v) is 11.6. The average Bonchev–Trinajstić information content (AvgIpc) is 2.97. The predicted molar refractivity (Wildman–Crippen MR) is 172 cm³/mol. The molecule has 1 aromatic heterocycles. The van der Waals surface area contributed by atoms with Gasteiger partial charge in [0.25, 0.3) is 5.91 Å². The highest BCUT2D eigenvalue weighted by molar-refractivity contribution is 6.32. The number of aryl methyl sites for hydroxylation is 1. The van der Waals surface area contributed by atoms with Crippen molar-refractivity contribution in [3.05, 3.63) is 70.9 Å². The average molecular weight is 631 g/mol. The minimum atomic E-state index is -1.45. The van der Waals surface area contributed by atoms with E-state index in [2.05, 4.69) is 23.2 Å². The number of aliphatic hydroxyl groups is 1. The molecular weight excluding hydrogens is 589 g/mol. The molecule has 4 rings (SSSR count). The van der Waals surface area contributed by atoms with Crippen LogP contribution in [-0.2, 0) is 11.2 Å². The quantitative estimate of drug-likeness (QED) is 0.203. The number of aromatic nitrogens is 1. The number of amides is 1. The van der Waals surface area contributed by atoms with Crippen LogP contribution >= 0.6 is 24.0 Å². The molecule has 2 aromatic carbocycles. The number of benzene rings is 2. The van der Waals surface area contributed by atoms with Crippen LogP contribution in [0.2, 0.25) is 5.02 Å². The van der Waals surface area contributed by atoms with Gasteiger partial charge in [0, 0.05) is 17.7 Å². The van der Waals surface area contributed by atoms with Crippen molar-refractivity contribution in [2.75, 3.05) is 27.2 Å². The minimum absolute atomic E-state index is 0. The SMILES string of the molecule is CCCc1ccccc1-c1ccc(C(=O)NC2(C(=O)O)CCC(O)CC2)nc1-c1ccc(Cl)c(OCCCN(C)C)c1.Cl. The summed E-state index contributed by atoms with van der Waals surface area (Å²) < 4.78 is 6.03. The molecule has 1 heterocycles. The lowest BCUT2D eigenvalue weighted by Gasteiger charge is -2.35. The summed E-state index contributed by atoms with van der Waals surface area (Å²) in [4.78, 5) is 32.7. The summed E-state index contributed by atoms with van der Waals surface area (Å²) in [6.45, 7) is 3.51. The molecule has 43 heavy (non-hydrogen) atoms. The molecule has 0 atom stereocenters. The van der Waals surface area contributed by atoms with Crippen molar-refractivity contribution in [3.63, 3.8) is 0 Å². The van der Waals surface area contributed by atoms with Gasteiger partial charge in [0.1, 0.15) is 17.0 Å². The lowest BCUT2D eigenvalue weighted by atomic mass is 9.80. The van der Waals surface area contributed by atoms with E-state index < -0.39 is 23.5 Å². The van der Waals surface area contributed by atoms with Crippen LogP contribution in [0.5, 0.6) is 5.75 Å². The molecule has 10 heteroatoms. The molecule has 1 fully saturated rings. The summed E-state index contributed by atoms with van der Waals surface area (Å²) in [5.41, 5.74) is 3.00. The summed E-state index contributed by atoms with van der Waals surface area (Å²) in [5, 5.41) is 23.2. The van der Waals surface area contributed by atoms with E-state index in [0.717, 1.165) is 42.5 Å². The van der Waals surface area contributed by atoms with Gasteiger partial charge in [0.15, 0.2) is 0 Å². The van der Waals surface area contributed by atoms with Gasteiger partial charge in [-0.15, -0.1) is 12.4 Å². The number of halogens is 2. The summed E-state index contributed by atoms with van der Waals surface area (Å²) in [6, 6.07) is 17.1. The first kappa shape index (κ1) is 34.3. The molecule has 3 N–H and O–H groups in total. The minimum Gasteiger partial charge on any atom is -0.492 e. The first-order valence-electron chi connectivity index (χ1n) is 14.5. The molecule has 0 bridgehead atoms. The maximum atomic E-state index is 13.5. The maximum Gasteiger partial charge on any atom is 0.329 e. The van der Waals surface area contributed by atoms with Crippen molar-refractivity contribution in [2.45, 2.75) is 63.5 Å². The Morgan fingerprint density at radius 3 is 2.49 bits per heavy atom. The number of ether oxygens (including phenoxy) is 1. The number of rotatable bonds is 12. The van der Waals surface area contributed by atoms with Gasteiger partial charge in [-0.3, -0.25) is 4.79 Å². The van der Waals surface area contributed by atoms with E-state index >= 15 is 0 Å². The number of pyridine rings is 1. The van der Waals surface area contributed by atoms with Crippen LogP contribution < -0.4 is 10.1 Å². The fourth-order valence-electron chi connectivity index (χ4n) is 5.39. The van der Waals surface area contributed by atoms with Crippen LogP contribution in [0.1, 0.15) is 61.5 Å². The third-order valence-corrected chi connectivity index (χ3v) is 8.05. The Hall–Kier alpha value is -3.17. The Bertz CT molecular complexity index is 1410. The third-order valence-electron chi connectivity index (χ3n) is 7.74. The van der Waals surface area contributed by atoms with Crippen molar-refractivity contribution in [3.8, 4) is 28.1 Å². The number of aliphatic hydroxyl groups excluding tert-OH is 1. The highest BCUT2D eigenvalue weighted by Crippen LogP contribution is 2.37. The molecule has 0 radical (unpaired) electrons. The van der Waals surface area contributed by atoms with Crippen molar-refractivity contribution < 1.29 is 24.5 Å². The summed E-state index contributed by atoms with van der Waals surface area (Å²) in [6.07, 6.45) is 3.03. The summed E-state index contributed by atoms with van der Waals surface area (Å²) in [5.74, 6) is -1.15. The van der Waals surface area contributed by atoms with Crippen LogP contribution in [0.25, 0.3) is 22.4 Å². The van der Waals surface area contributed by atoms with E-state index in [4.69, 9.17) is 21.3 Å². The van der Waals surface area contributed by atoms with Crippen LogP contribution in [0.15, 0.2) is 54.6 Å². The van der Waals surface area contributed by atoms with Gasteiger partial charge in [-0.1, -0.05) is 55.3 Å². The van der Waals surface area contributed by atoms with Gasteiger partial charge in [-0.05, 0) is 88.0 Å². The van der Waals surface area contributed by atoms with Gasteiger partial charge in [-0.25, -0.2) is 9.78 Å². The molecule has 1 aliphatic carbocycles. The summed E-state index contributed by atoms with van der Waals surface area (Å²) in [7, 11) is 4.02. The standard InChI is InChI=1S/C33H40ClN3O5.ClH/c1-4-8-22-9-5-6-10-25(22)26-12-14-28(31(39)36-33(32(40)41)17-15-24(38)16-18-33)35-30(26)23-11-13-27(34)29(21-23)42-20-7-19-37(2)3;/h5-6,9-14,21,24,38H,4,7-8,15-20H2,1-3H3,(H,36,39)(H,40,41);1H. The molecule has 3 aromatic rings. The number of nitrogens with one attached hydrogen (secondary N) is 1. The smallest absolute Gasteiger partial charge is 0.329 e. The van der Waals surface area contributed by atoms with Crippen molar-refractivity contribution in [2.24, 2.45) is 0 Å². The highest BCUT2D eigenvalue weighted by Gasteiger charge is 2.43. The van der Waals surface area contributed by atoms with Crippen LogP contribution in [0.4, 0.5) is 0 Å². The molecular formula is C33H41Cl2N3O5. The van der Waals surface area contributed by atoms with Crippen molar-refractivity contribution >= 4 is 35.9 Å². The molecule has 232 valence electrons. The van der Waals surface area contributed by atoms with Gasteiger partial charge < -0.3 is 25.2 Å². The Morgan fingerprint density at radius 1 is 1.09 bits per heavy atom. The molecule has 0 saturated heterocycles. The van der Waals surface area contributed by atoms with Crippen molar-refractivity contribution in [1.82, 2.24) is 15.2 Å². The van der Waals surface area contributed by atoms with E-state index in [-0.39, 0.29) is 30.9 Å². The molecule has 0 spiro atoms. The van der Waals surface area contributed by atoms with E-state index in [1.807, 2.05) is 50.5 Å². The normalized spacial score (nSPS) is 18.1. The molecule has 1 saturated carbocycles. The topological polar surface area (TPSA) is 112 Å². The lowest BCUT2D eigenvalue weighted by Crippen LogP contribution is -2.57. The Balaban J connectivity index is 0.00000506. The number of aliphatic carboxylic acids is 1. The molecule has 1 aliphatic rings. The monoisotopic (exact) mass is 629 g/mol. The number of hydrogen-bond donors (Lipinski definition) is 3. The molecule has 0 unspecified atom stereocenters. The number of nitrogens with zero attached hydrogens (tertiary/aromatic N) is 2. The number of hydrogen-bond acceptors (Lipinski definition) is 6. The van der Waals surface area contributed by atoms with Crippen molar-refractivity contribution in [1.29, 1.82) is 0 Å². The predicted octanol–water partition coefficient (Wildman–Crippen LogP) is 6.26. The van der Waals surface area contributed by atoms with E-state index in [9.17, 15) is 19.8 Å². The number of carboxylic acids is 1. The highest BCUT2D eigenvalue weighted by atomic mass is 35.5. The van der Waals surface area contributed by atoms with Gasteiger partial charge in [0.2, 0.25) is 0 Å². The zero-order valence-corrected chi connectivity index (χ0v) is 26.5. The van der Waals surface area contributed by atoms with E-state index in [1.165, 1.54) is 5.56 Å². The second-order valence-electron chi connectivity index (χ2n) is 11.2. The lowest BCUT2D eigenvalue weighted by molar-refractivity contribution is -0.146. The van der Waals surface area contributed by atoms with Crippen LogP contribution in [0, 0.1) is 0 Å². The Morgan fingerprint density at radius 2 is 1.81 bits per heavy atom. The van der Waals surface area contributed by atoms with Crippen LogP contribution in [-0.4, -0.2) is 70.9 Å². The maximum absolute atomic E-state index is 13.5. The number of carboxylic acid groups (broad SMARTS) is 1. The Kier molecular flexibility index (Phi) is 12.4. The zero-order valence-electron chi connectivity index (χ0n) is 24.9. The van der Waals surface area contributed by atoms with E-state index in [1.54, 1.807) is 12.1 Å². The Labute approximate surface area is 264 Å². The largest absolute Gasteiger partial charge is 0.492 e. The zero-order chi connectivity index (χ0) is 30.3. The first-order chi connectivity index (χ1) is 20.1. The van der Waals surface area contributed by atoms with E-state index in [0.29, 0.717) is 35.9 Å². The first-order valence-corrected chi connectivity index (χ1v) is 14.9. The fourth-order valence-corrected chi connectivity index (χ4v) is 5.56. The number of carbonyl (C=O) groups excluding carboxylic acids is 1. The van der Waals surface area contributed by atoms with Crippen LogP contribution in [0.3, 0.4) is 0 Å². The molecule has 0 aliphatic heterocycles. The molecule has 1 amide bonds. The molecule has 8 nitrogen and oxygen atoms in total. The van der Waals surface area contributed by atoms with Gasteiger partial charge in [0.05, 0.1) is 23.4 Å². The summed E-state index contributed by atoms with van der Waals surface area (Å²) >= 11 is 6.50. The number of carbonyl (C=O) groups is 2. The fraction of sp³-hybridized carbons (Fsp3) is 0.424. The van der Waals surface area contributed by atoms with Gasteiger partial charge >= 0.3 is 5.97 Å². The second kappa shape index (κ2) is 15.5. The van der Waals surface area contributed by atoms with Gasteiger partial charge in [-0.2, -0.15) is 0 Å².